The molecule has 1 aliphatic heterocycles. The van der Waals surface area contributed by atoms with Crippen molar-refractivity contribution in [2.45, 2.75) is 31.6 Å². The van der Waals surface area contributed by atoms with Crippen molar-refractivity contribution in [3.63, 3.8) is 0 Å². The molecule has 5 heteroatoms. The minimum atomic E-state index is -0.215. The van der Waals surface area contributed by atoms with Crippen LogP contribution in [0.2, 0.25) is 0 Å². The minimum absolute atomic E-state index is 0.00524. The number of alkyl halides is 1. The molecule has 1 aromatic carbocycles. The van der Waals surface area contributed by atoms with Crippen molar-refractivity contribution >= 4 is 17.5 Å². The third-order valence-electron chi connectivity index (χ3n) is 3.45. The van der Waals surface area contributed by atoms with Crippen LogP contribution in [-0.2, 0) is 4.79 Å². The molecule has 2 rings (SSSR count). The fourth-order valence-corrected chi connectivity index (χ4v) is 2.72. The van der Waals surface area contributed by atoms with Gasteiger partial charge in [-0.05, 0) is 19.9 Å². The number of ether oxygens (including phenoxy) is 1. The first-order valence-corrected chi connectivity index (χ1v) is 7.12. The molecular formula is C15H17ClN2O2. The number of rotatable bonds is 4. The molecule has 1 heterocycles. The van der Waals surface area contributed by atoms with Gasteiger partial charge in [-0.1, -0.05) is 6.07 Å². The predicted molar refractivity (Wildman–Crippen MR) is 77.0 cm³/mol. The van der Waals surface area contributed by atoms with E-state index in [1.165, 1.54) is 0 Å². The zero-order valence-electron chi connectivity index (χ0n) is 11.6. The summed E-state index contributed by atoms with van der Waals surface area (Å²) in [5.74, 6) is 0.635. The van der Waals surface area contributed by atoms with Crippen LogP contribution in [-0.4, -0.2) is 19.1 Å². The van der Waals surface area contributed by atoms with E-state index in [9.17, 15) is 10.1 Å². The van der Waals surface area contributed by atoms with Crippen LogP contribution in [0.4, 0.5) is 0 Å². The van der Waals surface area contributed by atoms with E-state index < -0.39 is 0 Å². The summed E-state index contributed by atoms with van der Waals surface area (Å²) in [4.78, 5) is 11.5. The first-order chi connectivity index (χ1) is 9.58. The smallest absolute Gasteiger partial charge is 0.220 e. The Morgan fingerprint density at radius 1 is 1.60 bits per heavy atom. The van der Waals surface area contributed by atoms with E-state index in [1.54, 1.807) is 6.07 Å². The molecule has 20 heavy (non-hydrogen) atoms. The summed E-state index contributed by atoms with van der Waals surface area (Å²) in [5, 5.41) is 11.9. The monoisotopic (exact) mass is 292 g/mol. The molecule has 4 nitrogen and oxygen atoms in total. The number of hydrogen-bond donors (Lipinski definition) is 1. The van der Waals surface area contributed by atoms with Gasteiger partial charge in [-0.25, -0.2) is 0 Å². The topological polar surface area (TPSA) is 62.1 Å². The van der Waals surface area contributed by atoms with E-state index in [4.69, 9.17) is 16.3 Å². The number of benzene rings is 1. The number of amides is 1. The van der Waals surface area contributed by atoms with Crippen molar-refractivity contribution in [2.75, 3.05) is 13.2 Å². The van der Waals surface area contributed by atoms with Gasteiger partial charge in [-0.2, -0.15) is 5.26 Å². The molecule has 0 spiro atoms. The fraction of sp³-hybridized carbons (Fsp3) is 0.467. The third-order valence-corrected chi connectivity index (χ3v) is 3.68. The Kier molecular flexibility index (Phi) is 4.51. The molecule has 106 valence electrons. The Morgan fingerprint density at radius 3 is 2.85 bits per heavy atom. The number of hydrogen-bond acceptors (Lipinski definition) is 3. The highest BCUT2D eigenvalue weighted by molar-refractivity contribution is 6.20. The average molecular weight is 293 g/mol. The van der Waals surface area contributed by atoms with E-state index in [2.05, 4.69) is 11.4 Å². The highest BCUT2D eigenvalue weighted by Crippen LogP contribution is 2.40. The number of halogens is 1. The van der Waals surface area contributed by atoms with Gasteiger partial charge in [-0.15, -0.1) is 11.6 Å². The van der Waals surface area contributed by atoms with E-state index in [0.717, 1.165) is 11.1 Å². The summed E-state index contributed by atoms with van der Waals surface area (Å²) in [5.41, 5.74) is 2.22. The molecule has 1 amide bonds. The third kappa shape index (κ3) is 2.73. The quantitative estimate of drug-likeness (QED) is 0.868. The molecule has 0 saturated carbocycles. The highest BCUT2D eigenvalue weighted by atomic mass is 35.5. The van der Waals surface area contributed by atoms with Gasteiger partial charge < -0.3 is 10.1 Å². The van der Waals surface area contributed by atoms with E-state index in [0.29, 0.717) is 30.9 Å². The Labute approximate surface area is 123 Å². The van der Waals surface area contributed by atoms with Crippen molar-refractivity contribution in [1.29, 1.82) is 5.26 Å². The first kappa shape index (κ1) is 14.7. The molecule has 1 saturated heterocycles. The maximum absolute atomic E-state index is 11.5. The summed E-state index contributed by atoms with van der Waals surface area (Å²) in [6.45, 7) is 4.79. The van der Waals surface area contributed by atoms with Crippen LogP contribution < -0.4 is 10.1 Å². The van der Waals surface area contributed by atoms with Crippen LogP contribution in [0, 0.1) is 11.3 Å². The van der Waals surface area contributed by atoms with Crippen molar-refractivity contribution < 1.29 is 9.53 Å². The lowest BCUT2D eigenvalue weighted by Gasteiger charge is -2.20. The Balaban J connectivity index is 2.58. The molecular weight excluding hydrogens is 276 g/mol. The molecule has 0 aliphatic carbocycles. The highest BCUT2D eigenvalue weighted by Gasteiger charge is 2.30. The standard InChI is InChI=1S/C15H17ClN2O2/c1-3-20-15-12(9(2)16)5-4-10(7-17)14(15)11-6-13(19)18-8-11/h4-5,9,11H,3,6,8H2,1-2H3,(H,18,19). The van der Waals surface area contributed by atoms with Crippen LogP contribution >= 0.6 is 11.6 Å². The van der Waals surface area contributed by atoms with Gasteiger partial charge in [0.1, 0.15) is 5.75 Å². The Bertz CT molecular complexity index is 564. The number of carbonyl (C=O) groups is 1. The molecule has 0 radical (unpaired) electrons. The largest absolute Gasteiger partial charge is 0.493 e. The summed E-state index contributed by atoms with van der Waals surface area (Å²) in [7, 11) is 0. The molecule has 1 fully saturated rings. The lowest BCUT2D eigenvalue weighted by molar-refractivity contribution is -0.119. The van der Waals surface area contributed by atoms with E-state index in [1.807, 2.05) is 19.9 Å². The van der Waals surface area contributed by atoms with Crippen molar-refractivity contribution in [1.82, 2.24) is 5.32 Å². The van der Waals surface area contributed by atoms with Gasteiger partial charge in [0.15, 0.2) is 0 Å². The second-order valence-corrected chi connectivity index (χ2v) is 5.47. The van der Waals surface area contributed by atoms with Crippen LogP contribution in [0.3, 0.4) is 0 Å². The number of nitrogens with zero attached hydrogens (tertiary/aromatic N) is 1. The second-order valence-electron chi connectivity index (χ2n) is 4.81. The number of nitriles is 1. The SMILES string of the molecule is CCOc1c(C(C)Cl)ccc(C#N)c1C1CNC(=O)C1. The summed E-state index contributed by atoms with van der Waals surface area (Å²) in [6.07, 6.45) is 0.384. The van der Waals surface area contributed by atoms with Crippen LogP contribution in [0.15, 0.2) is 12.1 Å². The fourth-order valence-electron chi connectivity index (χ4n) is 2.55. The van der Waals surface area contributed by atoms with Crippen molar-refractivity contribution in [3.8, 4) is 11.8 Å². The lowest BCUT2D eigenvalue weighted by atomic mass is 9.90. The zero-order chi connectivity index (χ0) is 14.7. The normalized spacial score (nSPS) is 19.3. The molecule has 2 unspecified atom stereocenters. The summed E-state index contributed by atoms with van der Waals surface area (Å²) < 4.78 is 5.74. The van der Waals surface area contributed by atoms with E-state index >= 15 is 0 Å². The van der Waals surface area contributed by atoms with E-state index in [-0.39, 0.29) is 17.2 Å². The van der Waals surface area contributed by atoms with Crippen LogP contribution in [0.25, 0.3) is 0 Å². The van der Waals surface area contributed by atoms with Crippen LogP contribution in [0.1, 0.15) is 48.3 Å². The predicted octanol–water partition coefficient (Wildman–Crippen LogP) is 2.86. The van der Waals surface area contributed by atoms with Gasteiger partial charge >= 0.3 is 0 Å². The van der Waals surface area contributed by atoms with Gasteiger partial charge in [-0.3, -0.25) is 4.79 Å². The second kappa shape index (κ2) is 6.15. The Morgan fingerprint density at radius 2 is 2.35 bits per heavy atom. The lowest BCUT2D eigenvalue weighted by Crippen LogP contribution is -2.14. The summed E-state index contributed by atoms with van der Waals surface area (Å²) >= 11 is 6.20. The van der Waals surface area contributed by atoms with Gasteiger partial charge in [0.05, 0.1) is 23.6 Å². The molecule has 1 aliphatic rings. The van der Waals surface area contributed by atoms with Crippen LogP contribution in [0.5, 0.6) is 5.75 Å². The van der Waals surface area contributed by atoms with Gasteiger partial charge in [0.2, 0.25) is 5.91 Å². The zero-order valence-corrected chi connectivity index (χ0v) is 12.3. The molecule has 0 bridgehead atoms. The van der Waals surface area contributed by atoms with Crippen molar-refractivity contribution in [2.24, 2.45) is 0 Å². The summed E-state index contributed by atoms with van der Waals surface area (Å²) in [6, 6.07) is 5.78. The maximum atomic E-state index is 11.5. The van der Waals surface area contributed by atoms with Gasteiger partial charge in [0, 0.05) is 30.0 Å². The minimum Gasteiger partial charge on any atom is -0.493 e. The number of nitrogens with one attached hydrogen (secondary N) is 1. The van der Waals surface area contributed by atoms with Gasteiger partial charge in [0.25, 0.3) is 0 Å². The van der Waals surface area contributed by atoms with Crippen molar-refractivity contribution in [3.05, 3.63) is 28.8 Å². The average Bonchev–Trinajstić information content (AvgIpc) is 2.84. The molecule has 1 aromatic rings. The maximum Gasteiger partial charge on any atom is 0.220 e. The number of carbonyl (C=O) groups excluding carboxylic acids is 1. The molecule has 2 atom stereocenters. The molecule has 0 aromatic heterocycles. The molecule has 1 N–H and O–H groups in total. The Hall–Kier alpha value is -1.73. The first-order valence-electron chi connectivity index (χ1n) is 6.68.